The Bertz CT molecular complexity index is 827. The SMILES string of the molecule is CN(Cc1cccc(Cl)c1)Cc1nc2ccsc2c(=O)[nH]1. The molecule has 0 aliphatic heterocycles. The average Bonchev–Trinajstić information content (AvgIpc) is 2.87. The summed E-state index contributed by atoms with van der Waals surface area (Å²) in [5.41, 5.74) is 1.82. The highest BCUT2D eigenvalue weighted by Gasteiger charge is 2.08. The van der Waals surface area contributed by atoms with Crippen LogP contribution in [0.15, 0.2) is 40.5 Å². The minimum Gasteiger partial charge on any atom is -0.308 e. The Labute approximate surface area is 131 Å². The molecule has 0 fully saturated rings. The van der Waals surface area contributed by atoms with Gasteiger partial charge < -0.3 is 4.98 Å². The number of H-pyrrole nitrogens is 1. The third-order valence-corrected chi connectivity index (χ3v) is 4.26. The van der Waals surface area contributed by atoms with Crippen molar-refractivity contribution in [1.82, 2.24) is 14.9 Å². The van der Waals surface area contributed by atoms with Crippen LogP contribution in [0.5, 0.6) is 0 Å². The topological polar surface area (TPSA) is 49.0 Å². The molecule has 4 nitrogen and oxygen atoms in total. The van der Waals surface area contributed by atoms with Gasteiger partial charge in [-0.3, -0.25) is 9.69 Å². The van der Waals surface area contributed by atoms with E-state index in [0.29, 0.717) is 17.1 Å². The van der Waals surface area contributed by atoms with Crippen molar-refractivity contribution in [2.24, 2.45) is 0 Å². The first kappa shape index (κ1) is 14.3. The van der Waals surface area contributed by atoms with E-state index >= 15 is 0 Å². The van der Waals surface area contributed by atoms with Crippen LogP contribution in [-0.4, -0.2) is 21.9 Å². The van der Waals surface area contributed by atoms with Gasteiger partial charge in [0.2, 0.25) is 0 Å². The molecular weight excluding hydrogens is 306 g/mol. The van der Waals surface area contributed by atoms with Gasteiger partial charge in [0, 0.05) is 11.6 Å². The second kappa shape index (κ2) is 5.97. The van der Waals surface area contributed by atoms with Gasteiger partial charge in [-0.15, -0.1) is 11.3 Å². The molecule has 0 spiro atoms. The first-order chi connectivity index (χ1) is 10.1. The van der Waals surface area contributed by atoms with E-state index in [2.05, 4.69) is 14.9 Å². The molecular formula is C15H14ClN3OS. The normalized spacial score (nSPS) is 11.4. The summed E-state index contributed by atoms with van der Waals surface area (Å²) in [6, 6.07) is 9.63. The van der Waals surface area contributed by atoms with Crippen molar-refractivity contribution in [3.8, 4) is 0 Å². The summed E-state index contributed by atoms with van der Waals surface area (Å²) in [5.74, 6) is 0.676. The summed E-state index contributed by atoms with van der Waals surface area (Å²) in [6.07, 6.45) is 0. The van der Waals surface area contributed by atoms with Gasteiger partial charge in [0.1, 0.15) is 10.5 Å². The van der Waals surface area contributed by atoms with Crippen molar-refractivity contribution in [1.29, 1.82) is 0 Å². The molecule has 2 aromatic heterocycles. The zero-order chi connectivity index (χ0) is 14.8. The molecule has 0 radical (unpaired) electrons. The summed E-state index contributed by atoms with van der Waals surface area (Å²) < 4.78 is 0.677. The van der Waals surface area contributed by atoms with Crippen LogP contribution in [0.2, 0.25) is 5.02 Å². The number of nitrogens with zero attached hydrogens (tertiary/aromatic N) is 2. The lowest BCUT2D eigenvalue weighted by Gasteiger charge is -2.16. The van der Waals surface area contributed by atoms with E-state index in [1.54, 1.807) is 0 Å². The Morgan fingerprint density at radius 1 is 1.33 bits per heavy atom. The van der Waals surface area contributed by atoms with Crippen LogP contribution in [0.1, 0.15) is 11.4 Å². The van der Waals surface area contributed by atoms with Crippen LogP contribution in [0, 0.1) is 0 Å². The largest absolute Gasteiger partial charge is 0.308 e. The lowest BCUT2D eigenvalue weighted by Crippen LogP contribution is -2.21. The Morgan fingerprint density at radius 3 is 3.00 bits per heavy atom. The Hall–Kier alpha value is -1.69. The van der Waals surface area contributed by atoms with Crippen molar-refractivity contribution >= 4 is 33.2 Å². The third-order valence-electron chi connectivity index (χ3n) is 3.13. The number of aromatic amines is 1. The lowest BCUT2D eigenvalue weighted by atomic mass is 10.2. The van der Waals surface area contributed by atoms with E-state index in [0.717, 1.165) is 22.6 Å². The molecule has 108 valence electrons. The fourth-order valence-corrected chi connectivity index (χ4v) is 3.19. The maximum Gasteiger partial charge on any atom is 0.268 e. The third kappa shape index (κ3) is 3.32. The Kier molecular flexibility index (Phi) is 4.05. The molecule has 1 aromatic carbocycles. The van der Waals surface area contributed by atoms with Gasteiger partial charge in [0.15, 0.2) is 0 Å². The fourth-order valence-electron chi connectivity index (χ4n) is 2.26. The summed E-state index contributed by atoms with van der Waals surface area (Å²) in [7, 11) is 1.98. The lowest BCUT2D eigenvalue weighted by molar-refractivity contribution is 0.311. The van der Waals surface area contributed by atoms with Crippen LogP contribution in [-0.2, 0) is 13.1 Å². The highest BCUT2D eigenvalue weighted by Crippen LogP contribution is 2.15. The maximum absolute atomic E-state index is 11.9. The molecule has 21 heavy (non-hydrogen) atoms. The molecule has 2 heterocycles. The zero-order valence-corrected chi connectivity index (χ0v) is 13.0. The van der Waals surface area contributed by atoms with Crippen LogP contribution >= 0.6 is 22.9 Å². The number of nitrogens with one attached hydrogen (secondary N) is 1. The number of fused-ring (bicyclic) bond motifs is 1. The van der Waals surface area contributed by atoms with E-state index in [1.807, 2.05) is 42.8 Å². The van der Waals surface area contributed by atoms with Gasteiger partial charge >= 0.3 is 0 Å². The van der Waals surface area contributed by atoms with Gasteiger partial charge in [-0.05, 0) is 36.2 Å². The van der Waals surface area contributed by atoms with Crippen molar-refractivity contribution in [2.75, 3.05) is 7.05 Å². The summed E-state index contributed by atoms with van der Waals surface area (Å²) in [5, 5.41) is 2.61. The first-order valence-corrected chi connectivity index (χ1v) is 7.77. The van der Waals surface area contributed by atoms with Gasteiger partial charge in [-0.1, -0.05) is 23.7 Å². The minimum atomic E-state index is -0.0684. The molecule has 1 N–H and O–H groups in total. The Balaban J connectivity index is 1.76. The van der Waals surface area contributed by atoms with E-state index in [9.17, 15) is 4.79 Å². The van der Waals surface area contributed by atoms with Crippen molar-refractivity contribution < 1.29 is 0 Å². The molecule has 3 rings (SSSR count). The zero-order valence-electron chi connectivity index (χ0n) is 11.5. The molecule has 0 amide bonds. The number of aromatic nitrogens is 2. The molecule has 0 aliphatic carbocycles. The number of thiophene rings is 1. The fraction of sp³-hybridized carbons (Fsp3) is 0.200. The second-order valence-electron chi connectivity index (χ2n) is 4.95. The molecule has 0 bridgehead atoms. The quantitative estimate of drug-likeness (QED) is 0.803. The average molecular weight is 320 g/mol. The van der Waals surface area contributed by atoms with Gasteiger partial charge in [-0.25, -0.2) is 4.98 Å². The maximum atomic E-state index is 11.9. The standard InChI is InChI=1S/C15H14ClN3OS/c1-19(8-10-3-2-4-11(16)7-10)9-13-17-12-5-6-21-14(12)15(20)18-13/h2-7H,8-9H2,1H3,(H,17,18,20). The molecule has 0 unspecified atom stereocenters. The smallest absolute Gasteiger partial charge is 0.268 e. The molecule has 3 aromatic rings. The van der Waals surface area contributed by atoms with E-state index in [1.165, 1.54) is 11.3 Å². The van der Waals surface area contributed by atoms with Crippen molar-refractivity contribution in [3.05, 3.63) is 62.5 Å². The van der Waals surface area contributed by atoms with E-state index < -0.39 is 0 Å². The highest BCUT2D eigenvalue weighted by molar-refractivity contribution is 7.17. The number of rotatable bonds is 4. The van der Waals surface area contributed by atoms with Crippen molar-refractivity contribution in [2.45, 2.75) is 13.1 Å². The molecule has 6 heteroatoms. The molecule has 0 saturated heterocycles. The first-order valence-electron chi connectivity index (χ1n) is 6.51. The van der Waals surface area contributed by atoms with Gasteiger partial charge in [-0.2, -0.15) is 0 Å². The van der Waals surface area contributed by atoms with Crippen LogP contribution < -0.4 is 5.56 Å². The summed E-state index contributed by atoms with van der Waals surface area (Å²) in [4.78, 5) is 21.3. The summed E-state index contributed by atoms with van der Waals surface area (Å²) in [6.45, 7) is 1.32. The van der Waals surface area contributed by atoms with E-state index in [4.69, 9.17) is 11.6 Å². The second-order valence-corrected chi connectivity index (χ2v) is 6.30. The van der Waals surface area contributed by atoms with Crippen LogP contribution in [0.25, 0.3) is 10.2 Å². The molecule has 0 aliphatic rings. The van der Waals surface area contributed by atoms with Gasteiger partial charge in [0.25, 0.3) is 5.56 Å². The number of halogens is 1. The van der Waals surface area contributed by atoms with Crippen LogP contribution in [0.3, 0.4) is 0 Å². The Morgan fingerprint density at radius 2 is 2.19 bits per heavy atom. The van der Waals surface area contributed by atoms with Crippen molar-refractivity contribution in [3.63, 3.8) is 0 Å². The predicted octanol–water partition coefficient (Wildman–Crippen LogP) is 3.27. The number of hydrogen-bond acceptors (Lipinski definition) is 4. The molecule has 0 saturated carbocycles. The summed E-state index contributed by atoms with van der Waals surface area (Å²) >= 11 is 7.40. The van der Waals surface area contributed by atoms with E-state index in [-0.39, 0.29) is 5.56 Å². The number of benzene rings is 1. The molecule has 0 atom stereocenters. The van der Waals surface area contributed by atoms with Crippen LogP contribution in [0.4, 0.5) is 0 Å². The monoisotopic (exact) mass is 319 g/mol. The highest BCUT2D eigenvalue weighted by atomic mass is 35.5. The predicted molar refractivity (Wildman–Crippen MR) is 86.9 cm³/mol. The van der Waals surface area contributed by atoms with Gasteiger partial charge in [0.05, 0.1) is 12.1 Å². The number of hydrogen-bond donors (Lipinski definition) is 1. The minimum absolute atomic E-state index is 0.0684.